The molecule has 0 heterocycles. The minimum atomic E-state index is 0.0233. The monoisotopic (exact) mass is 197 g/mol. The van der Waals surface area contributed by atoms with E-state index >= 15 is 0 Å². The number of hydrogen-bond donors (Lipinski definition) is 2. The number of hydrogen-bond acceptors (Lipinski definition) is 4. The van der Waals surface area contributed by atoms with Crippen LogP contribution < -0.4 is 5.48 Å². The van der Waals surface area contributed by atoms with Crippen LogP contribution in [0.2, 0.25) is 0 Å². The number of para-hydroxylation sites is 1. The van der Waals surface area contributed by atoms with E-state index < -0.39 is 0 Å². The van der Waals surface area contributed by atoms with Gasteiger partial charge in [0.05, 0.1) is 12.8 Å². The van der Waals surface area contributed by atoms with Crippen LogP contribution in [0.25, 0.3) is 0 Å². The SMILES string of the molecule is CO.CONc1ccccc1C(C)=O. The molecule has 2 N–H and O–H groups in total. The van der Waals surface area contributed by atoms with Gasteiger partial charge in [0, 0.05) is 12.7 Å². The standard InChI is InChI=1S/C9H11NO2.CH4O/c1-7(11)8-5-3-4-6-9(8)10-12-2;1-2/h3-6,10H,1-2H3;2H,1H3. The van der Waals surface area contributed by atoms with Gasteiger partial charge in [0.25, 0.3) is 0 Å². The number of aliphatic hydroxyl groups is 1. The Morgan fingerprint density at radius 1 is 1.36 bits per heavy atom. The normalized spacial score (nSPS) is 8.57. The summed E-state index contributed by atoms with van der Waals surface area (Å²) in [5.74, 6) is 0.0233. The minimum absolute atomic E-state index is 0.0233. The fraction of sp³-hybridized carbons (Fsp3) is 0.300. The molecular weight excluding hydrogens is 182 g/mol. The van der Waals surface area contributed by atoms with Crippen molar-refractivity contribution >= 4 is 11.5 Å². The van der Waals surface area contributed by atoms with Crippen molar-refractivity contribution < 1.29 is 14.7 Å². The Kier molecular flexibility index (Phi) is 6.36. The van der Waals surface area contributed by atoms with Gasteiger partial charge < -0.3 is 5.11 Å². The summed E-state index contributed by atoms with van der Waals surface area (Å²) in [6, 6.07) is 7.20. The second-order valence-electron chi connectivity index (χ2n) is 2.41. The third-order valence-corrected chi connectivity index (χ3v) is 1.52. The topological polar surface area (TPSA) is 58.6 Å². The number of benzene rings is 1. The molecule has 0 unspecified atom stereocenters. The Labute approximate surface area is 83.5 Å². The molecule has 0 saturated heterocycles. The van der Waals surface area contributed by atoms with Gasteiger partial charge in [-0.2, -0.15) is 0 Å². The molecule has 0 aromatic heterocycles. The van der Waals surface area contributed by atoms with Crippen LogP contribution in [0.3, 0.4) is 0 Å². The van der Waals surface area contributed by atoms with Crippen LogP contribution in [0, 0.1) is 0 Å². The lowest BCUT2D eigenvalue weighted by Crippen LogP contribution is -2.02. The fourth-order valence-electron chi connectivity index (χ4n) is 0.989. The Morgan fingerprint density at radius 2 is 1.93 bits per heavy atom. The number of ketones is 1. The van der Waals surface area contributed by atoms with Gasteiger partial charge in [-0.3, -0.25) is 15.1 Å². The Balaban J connectivity index is 0.000000791. The Bertz CT molecular complexity index is 286. The molecule has 0 spiro atoms. The summed E-state index contributed by atoms with van der Waals surface area (Å²) in [6.07, 6.45) is 0. The van der Waals surface area contributed by atoms with Crippen molar-refractivity contribution in [3.05, 3.63) is 29.8 Å². The molecule has 0 aliphatic heterocycles. The molecule has 4 nitrogen and oxygen atoms in total. The predicted molar refractivity (Wildman–Crippen MR) is 55.2 cm³/mol. The number of nitrogens with one attached hydrogen (secondary N) is 1. The highest BCUT2D eigenvalue weighted by Crippen LogP contribution is 2.14. The first-order valence-electron chi connectivity index (χ1n) is 4.09. The summed E-state index contributed by atoms with van der Waals surface area (Å²) in [4.78, 5) is 15.8. The Morgan fingerprint density at radius 3 is 2.43 bits per heavy atom. The maximum absolute atomic E-state index is 11.0. The third-order valence-electron chi connectivity index (χ3n) is 1.52. The lowest BCUT2D eigenvalue weighted by atomic mass is 10.1. The minimum Gasteiger partial charge on any atom is -0.400 e. The molecule has 0 bridgehead atoms. The summed E-state index contributed by atoms with van der Waals surface area (Å²) in [7, 11) is 2.51. The number of anilines is 1. The Hall–Kier alpha value is -1.39. The number of carbonyl (C=O) groups is 1. The third kappa shape index (κ3) is 3.55. The molecule has 4 heteroatoms. The fourth-order valence-corrected chi connectivity index (χ4v) is 0.989. The molecule has 0 amide bonds. The van der Waals surface area contributed by atoms with Crippen LogP contribution in [0.15, 0.2) is 24.3 Å². The molecule has 0 radical (unpaired) electrons. The maximum Gasteiger partial charge on any atom is 0.161 e. The maximum atomic E-state index is 11.0. The number of Topliss-reactive ketones (excluding diaryl/α,β-unsaturated/α-hetero) is 1. The van der Waals surface area contributed by atoms with Crippen LogP contribution in [0.4, 0.5) is 5.69 Å². The molecule has 1 aromatic carbocycles. The van der Waals surface area contributed by atoms with Gasteiger partial charge in [0.2, 0.25) is 0 Å². The van der Waals surface area contributed by atoms with Crippen molar-refractivity contribution in [1.82, 2.24) is 0 Å². The molecule has 14 heavy (non-hydrogen) atoms. The molecule has 0 saturated carbocycles. The average Bonchev–Trinajstić information content (AvgIpc) is 2.22. The molecule has 78 valence electrons. The average molecular weight is 197 g/mol. The molecule has 0 fully saturated rings. The van der Waals surface area contributed by atoms with Gasteiger partial charge in [-0.05, 0) is 19.1 Å². The zero-order chi connectivity index (χ0) is 11.0. The second-order valence-corrected chi connectivity index (χ2v) is 2.41. The first-order valence-corrected chi connectivity index (χ1v) is 4.09. The molecule has 1 aromatic rings. The number of rotatable bonds is 3. The van der Waals surface area contributed by atoms with E-state index in [1.54, 1.807) is 12.1 Å². The summed E-state index contributed by atoms with van der Waals surface area (Å²) < 4.78 is 0. The zero-order valence-electron chi connectivity index (χ0n) is 8.57. The van der Waals surface area contributed by atoms with Gasteiger partial charge in [0.1, 0.15) is 0 Å². The van der Waals surface area contributed by atoms with Gasteiger partial charge in [0.15, 0.2) is 5.78 Å². The molecule has 0 aliphatic carbocycles. The van der Waals surface area contributed by atoms with Crippen LogP contribution in [-0.4, -0.2) is 25.1 Å². The smallest absolute Gasteiger partial charge is 0.161 e. The quantitative estimate of drug-likeness (QED) is 0.569. The van der Waals surface area contributed by atoms with Crippen LogP contribution >= 0.6 is 0 Å². The summed E-state index contributed by atoms with van der Waals surface area (Å²) >= 11 is 0. The summed E-state index contributed by atoms with van der Waals surface area (Å²) in [5.41, 5.74) is 3.98. The van der Waals surface area contributed by atoms with Crippen molar-refractivity contribution in [3.63, 3.8) is 0 Å². The van der Waals surface area contributed by atoms with E-state index in [2.05, 4.69) is 5.48 Å². The van der Waals surface area contributed by atoms with Crippen LogP contribution in [0.5, 0.6) is 0 Å². The lowest BCUT2D eigenvalue weighted by molar-refractivity contribution is 0.101. The van der Waals surface area contributed by atoms with E-state index in [1.165, 1.54) is 14.0 Å². The molecule has 0 aliphatic rings. The molecule has 1 rings (SSSR count). The molecule has 0 atom stereocenters. The van der Waals surface area contributed by atoms with Crippen molar-refractivity contribution in [2.75, 3.05) is 19.7 Å². The molecular formula is C10H15NO3. The van der Waals surface area contributed by atoms with E-state index in [-0.39, 0.29) is 5.78 Å². The van der Waals surface area contributed by atoms with Crippen molar-refractivity contribution in [3.8, 4) is 0 Å². The number of carbonyl (C=O) groups excluding carboxylic acids is 1. The van der Waals surface area contributed by atoms with E-state index in [9.17, 15) is 4.79 Å². The van der Waals surface area contributed by atoms with Crippen molar-refractivity contribution in [2.45, 2.75) is 6.92 Å². The van der Waals surface area contributed by atoms with Gasteiger partial charge in [-0.15, -0.1) is 0 Å². The first kappa shape index (κ1) is 12.6. The second kappa shape index (κ2) is 7.06. The largest absolute Gasteiger partial charge is 0.400 e. The highest BCUT2D eigenvalue weighted by atomic mass is 16.6. The summed E-state index contributed by atoms with van der Waals surface area (Å²) in [6.45, 7) is 1.52. The summed E-state index contributed by atoms with van der Waals surface area (Å²) in [5, 5.41) is 7.00. The van der Waals surface area contributed by atoms with E-state index in [4.69, 9.17) is 9.94 Å². The first-order chi connectivity index (χ1) is 6.75. The zero-order valence-corrected chi connectivity index (χ0v) is 8.57. The van der Waals surface area contributed by atoms with Crippen molar-refractivity contribution in [1.29, 1.82) is 0 Å². The van der Waals surface area contributed by atoms with Crippen LogP contribution in [0.1, 0.15) is 17.3 Å². The lowest BCUT2D eigenvalue weighted by Gasteiger charge is -2.06. The van der Waals surface area contributed by atoms with E-state index in [1.807, 2.05) is 12.1 Å². The highest BCUT2D eigenvalue weighted by molar-refractivity contribution is 5.99. The van der Waals surface area contributed by atoms with Crippen molar-refractivity contribution in [2.24, 2.45) is 0 Å². The van der Waals surface area contributed by atoms with Gasteiger partial charge >= 0.3 is 0 Å². The van der Waals surface area contributed by atoms with E-state index in [0.29, 0.717) is 11.3 Å². The van der Waals surface area contributed by atoms with Gasteiger partial charge in [-0.1, -0.05) is 12.1 Å². The van der Waals surface area contributed by atoms with E-state index in [0.717, 1.165) is 7.11 Å². The predicted octanol–water partition coefficient (Wildman–Crippen LogP) is 1.47. The van der Waals surface area contributed by atoms with Gasteiger partial charge in [-0.25, -0.2) is 0 Å². The highest BCUT2D eigenvalue weighted by Gasteiger charge is 2.04. The van der Waals surface area contributed by atoms with Crippen LogP contribution in [-0.2, 0) is 4.84 Å². The number of aliphatic hydroxyl groups excluding tert-OH is 1.